The summed E-state index contributed by atoms with van der Waals surface area (Å²) in [7, 11) is 0. The predicted molar refractivity (Wildman–Crippen MR) is 87.4 cm³/mol. The Morgan fingerprint density at radius 3 is 2.55 bits per heavy atom. The monoisotopic (exact) mass is 348 g/mol. The minimum atomic E-state index is 0.443. The van der Waals surface area contributed by atoms with E-state index < -0.39 is 0 Å². The summed E-state index contributed by atoms with van der Waals surface area (Å²) in [5, 5.41) is 8.88. The van der Waals surface area contributed by atoms with Gasteiger partial charge in [-0.25, -0.2) is 0 Å². The second kappa shape index (κ2) is 7.33. The lowest BCUT2D eigenvalue weighted by atomic mass is 10.1. The van der Waals surface area contributed by atoms with E-state index in [1.165, 1.54) is 0 Å². The number of hydrogen-bond acceptors (Lipinski definition) is 2. The molecule has 2 nitrogen and oxygen atoms in total. The summed E-state index contributed by atoms with van der Waals surface area (Å²) in [6.07, 6.45) is 0.461. The molecule has 0 aliphatic rings. The maximum atomic E-state index is 8.88. The highest BCUT2D eigenvalue weighted by Gasteiger charge is 2.13. The second-order valence-electron chi connectivity index (χ2n) is 4.30. The van der Waals surface area contributed by atoms with Crippen LogP contribution in [0.3, 0.4) is 0 Å². The normalized spacial score (nSPS) is 10.1. The molecule has 0 aliphatic carbocycles. The summed E-state index contributed by atoms with van der Waals surface area (Å²) >= 11 is 9.54. The molecule has 2 aromatic rings. The van der Waals surface area contributed by atoms with Crippen LogP contribution in [-0.4, -0.2) is 6.54 Å². The van der Waals surface area contributed by atoms with Crippen molar-refractivity contribution in [3.63, 3.8) is 0 Å². The lowest BCUT2D eigenvalue weighted by Crippen LogP contribution is -2.19. The van der Waals surface area contributed by atoms with Gasteiger partial charge in [-0.3, -0.25) is 0 Å². The van der Waals surface area contributed by atoms with Crippen LogP contribution in [-0.2, 0) is 5.88 Å². The molecule has 102 valence electrons. The Hall–Kier alpha value is -1.50. The zero-order valence-corrected chi connectivity index (χ0v) is 13.2. The topological polar surface area (TPSA) is 27.0 Å². The standard InChI is InChI=1S/C16H14BrClN2/c17-14-8-7-13(12-18)16(11-14)20(10-4-9-19)15-5-2-1-3-6-15/h1-3,5-8,11H,4,10,12H2. The molecule has 0 fully saturated rings. The number of nitrogens with zero attached hydrogens (tertiary/aromatic N) is 2. The summed E-state index contributed by atoms with van der Waals surface area (Å²) in [5.74, 6) is 0.443. The first-order valence-corrected chi connectivity index (χ1v) is 7.63. The summed E-state index contributed by atoms with van der Waals surface area (Å²) < 4.78 is 0.999. The number of nitriles is 1. The van der Waals surface area contributed by atoms with E-state index in [0.29, 0.717) is 18.8 Å². The Morgan fingerprint density at radius 1 is 1.15 bits per heavy atom. The van der Waals surface area contributed by atoms with Gasteiger partial charge in [0.1, 0.15) is 0 Å². The van der Waals surface area contributed by atoms with Gasteiger partial charge in [-0.15, -0.1) is 11.6 Å². The average molecular weight is 350 g/mol. The molecule has 20 heavy (non-hydrogen) atoms. The third-order valence-corrected chi connectivity index (χ3v) is 3.78. The smallest absolute Gasteiger partial charge is 0.0640 e. The van der Waals surface area contributed by atoms with E-state index in [0.717, 1.165) is 21.4 Å². The Morgan fingerprint density at radius 2 is 1.90 bits per heavy atom. The molecular weight excluding hydrogens is 336 g/mol. The van der Waals surface area contributed by atoms with Crippen molar-refractivity contribution in [3.05, 3.63) is 58.6 Å². The third kappa shape index (κ3) is 3.53. The molecular formula is C16H14BrClN2. The van der Waals surface area contributed by atoms with Crippen molar-refractivity contribution in [1.82, 2.24) is 0 Å². The number of rotatable bonds is 5. The van der Waals surface area contributed by atoms with Crippen molar-refractivity contribution in [3.8, 4) is 6.07 Å². The number of halogens is 2. The highest BCUT2D eigenvalue weighted by Crippen LogP contribution is 2.32. The first-order valence-electron chi connectivity index (χ1n) is 6.30. The van der Waals surface area contributed by atoms with Crippen LogP contribution in [0, 0.1) is 11.3 Å². The Labute approximate surface area is 132 Å². The average Bonchev–Trinajstić information content (AvgIpc) is 2.49. The molecule has 0 spiro atoms. The van der Waals surface area contributed by atoms with E-state index >= 15 is 0 Å². The number of hydrogen-bond donors (Lipinski definition) is 0. The van der Waals surface area contributed by atoms with Crippen LogP contribution in [0.25, 0.3) is 0 Å². The van der Waals surface area contributed by atoms with Crippen molar-refractivity contribution in [2.24, 2.45) is 0 Å². The fraction of sp³-hybridized carbons (Fsp3) is 0.188. The van der Waals surface area contributed by atoms with Crippen molar-refractivity contribution in [2.75, 3.05) is 11.4 Å². The van der Waals surface area contributed by atoms with Gasteiger partial charge in [0.05, 0.1) is 12.5 Å². The van der Waals surface area contributed by atoms with Crippen molar-refractivity contribution >= 4 is 38.9 Å². The number of benzene rings is 2. The molecule has 2 rings (SSSR count). The zero-order valence-electron chi connectivity index (χ0n) is 10.9. The summed E-state index contributed by atoms with van der Waals surface area (Å²) in [6.45, 7) is 0.640. The van der Waals surface area contributed by atoms with Crippen LogP contribution >= 0.6 is 27.5 Å². The Balaban J connectivity index is 2.46. The number of anilines is 2. The number of alkyl halides is 1. The molecule has 0 unspecified atom stereocenters. The molecule has 0 N–H and O–H groups in total. The molecule has 0 saturated carbocycles. The molecule has 0 bridgehead atoms. The third-order valence-electron chi connectivity index (χ3n) is 3.00. The quantitative estimate of drug-likeness (QED) is 0.690. The van der Waals surface area contributed by atoms with Crippen molar-refractivity contribution in [2.45, 2.75) is 12.3 Å². The highest BCUT2D eigenvalue weighted by atomic mass is 79.9. The summed E-state index contributed by atoms with van der Waals surface area (Å²) in [4.78, 5) is 2.13. The molecule has 0 aliphatic heterocycles. The maximum Gasteiger partial charge on any atom is 0.0640 e. The summed E-state index contributed by atoms with van der Waals surface area (Å²) in [5.41, 5.74) is 3.15. The largest absolute Gasteiger partial charge is 0.340 e. The molecule has 0 saturated heterocycles. The van der Waals surface area contributed by atoms with Gasteiger partial charge in [0, 0.05) is 28.3 Å². The van der Waals surface area contributed by atoms with Gasteiger partial charge in [-0.05, 0) is 29.8 Å². The van der Waals surface area contributed by atoms with Gasteiger partial charge in [0.2, 0.25) is 0 Å². The predicted octanol–water partition coefficient (Wildman–Crippen LogP) is 5.24. The first kappa shape index (κ1) is 14.9. The molecule has 0 radical (unpaired) electrons. The van der Waals surface area contributed by atoms with Gasteiger partial charge in [-0.1, -0.05) is 40.2 Å². The molecule has 0 amide bonds. The van der Waals surface area contributed by atoms with Crippen LogP contribution in [0.2, 0.25) is 0 Å². The molecule has 2 aromatic carbocycles. The van der Waals surface area contributed by atoms with Crippen molar-refractivity contribution < 1.29 is 0 Å². The van der Waals surface area contributed by atoms with E-state index in [4.69, 9.17) is 16.9 Å². The zero-order chi connectivity index (χ0) is 14.4. The van der Waals surface area contributed by atoms with E-state index in [2.05, 4.69) is 26.9 Å². The van der Waals surface area contributed by atoms with E-state index in [1.54, 1.807) is 0 Å². The fourth-order valence-electron chi connectivity index (χ4n) is 2.06. The van der Waals surface area contributed by atoms with Gasteiger partial charge < -0.3 is 4.90 Å². The lowest BCUT2D eigenvalue weighted by Gasteiger charge is -2.26. The second-order valence-corrected chi connectivity index (χ2v) is 5.48. The maximum absolute atomic E-state index is 8.88. The van der Waals surface area contributed by atoms with Gasteiger partial charge >= 0.3 is 0 Å². The molecule has 4 heteroatoms. The van der Waals surface area contributed by atoms with Gasteiger partial charge in [-0.2, -0.15) is 5.26 Å². The Kier molecular flexibility index (Phi) is 5.46. The molecule has 0 atom stereocenters. The van der Waals surface area contributed by atoms with Crippen LogP contribution in [0.4, 0.5) is 11.4 Å². The van der Waals surface area contributed by atoms with Crippen LogP contribution in [0.5, 0.6) is 0 Å². The van der Waals surface area contributed by atoms with E-state index in [1.807, 2.05) is 48.5 Å². The molecule has 0 heterocycles. The van der Waals surface area contributed by atoms with Crippen LogP contribution in [0.1, 0.15) is 12.0 Å². The van der Waals surface area contributed by atoms with Crippen LogP contribution < -0.4 is 4.90 Å². The van der Waals surface area contributed by atoms with E-state index in [9.17, 15) is 0 Å². The number of para-hydroxylation sites is 1. The fourth-order valence-corrected chi connectivity index (χ4v) is 2.63. The lowest BCUT2D eigenvalue weighted by molar-refractivity contribution is 0.941. The molecule has 0 aromatic heterocycles. The minimum Gasteiger partial charge on any atom is -0.340 e. The van der Waals surface area contributed by atoms with Crippen molar-refractivity contribution in [1.29, 1.82) is 5.26 Å². The van der Waals surface area contributed by atoms with E-state index in [-0.39, 0.29) is 0 Å². The minimum absolute atomic E-state index is 0.443. The Bertz CT molecular complexity index is 608. The van der Waals surface area contributed by atoms with Gasteiger partial charge in [0.15, 0.2) is 0 Å². The van der Waals surface area contributed by atoms with Crippen LogP contribution in [0.15, 0.2) is 53.0 Å². The highest BCUT2D eigenvalue weighted by molar-refractivity contribution is 9.10. The first-order chi connectivity index (χ1) is 9.76. The van der Waals surface area contributed by atoms with Gasteiger partial charge in [0.25, 0.3) is 0 Å². The SMILES string of the molecule is N#CCCN(c1ccccc1)c1cc(Br)ccc1CCl. The summed E-state index contributed by atoms with van der Waals surface area (Å²) in [6, 6.07) is 18.3.